The molecular formula is C27H26N2O8S. The van der Waals surface area contributed by atoms with Crippen molar-refractivity contribution < 1.29 is 38.8 Å². The number of amides is 1. The number of hydrogen-bond acceptors (Lipinski definition) is 10. The Morgan fingerprint density at radius 1 is 1.13 bits per heavy atom. The van der Waals surface area contributed by atoms with Gasteiger partial charge in [0.25, 0.3) is 5.78 Å². The van der Waals surface area contributed by atoms with Crippen LogP contribution in [0.2, 0.25) is 0 Å². The van der Waals surface area contributed by atoms with E-state index < -0.39 is 29.5 Å². The fourth-order valence-electron chi connectivity index (χ4n) is 4.06. The van der Waals surface area contributed by atoms with E-state index in [9.17, 15) is 24.6 Å². The topological polar surface area (TPSA) is 135 Å². The maximum atomic E-state index is 13.4. The molecule has 0 bridgehead atoms. The summed E-state index contributed by atoms with van der Waals surface area (Å²) in [6.07, 6.45) is 0.829. The summed E-state index contributed by atoms with van der Waals surface area (Å²) in [4.78, 5) is 44.6. The van der Waals surface area contributed by atoms with Gasteiger partial charge in [-0.1, -0.05) is 24.3 Å². The van der Waals surface area contributed by atoms with Crippen LogP contribution in [0.4, 0.5) is 5.13 Å². The number of aromatic nitrogens is 1. The van der Waals surface area contributed by atoms with E-state index in [1.807, 2.05) is 6.92 Å². The Morgan fingerprint density at radius 2 is 1.84 bits per heavy atom. The fraction of sp³-hybridized carbons (Fsp3) is 0.259. The number of Topliss-reactive ketones (excluding diaryl/α,β-unsaturated/α-hetero) is 1. The fourth-order valence-corrected chi connectivity index (χ4v) is 5.07. The summed E-state index contributed by atoms with van der Waals surface area (Å²) in [7, 11) is 2.60. The Balaban J connectivity index is 1.89. The molecule has 1 fully saturated rings. The van der Waals surface area contributed by atoms with E-state index in [4.69, 9.17) is 14.2 Å². The average Bonchev–Trinajstić information content (AvgIpc) is 3.43. The van der Waals surface area contributed by atoms with Crippen LogP contribution in [0.1, 0.15) is 45.9 Å². The summed E-state index contributed by atoms with van der Waals surface area (Å²) in [6, 6.07) is 9.71. The van der Waals surface area contributed by atoms with Gasteiger partial charge >= 0.3 is 11.9 Å². The number of phenolic OH excluding ortho intramolecular Hbond substituents is 1. The summed E-state index contributed by atoms with van der Waals surface area (Å²) < 4.78 is 15.6. The Labute approximate surface area is 222 Å². The molecule has 0 aliphatic carbocycles. The molecule has 3 aromatic rings. The van der Waals surface area contributed by atoms with E-state index in [1.54, 1.807) is 31.2 Å². The number of carbonyl (C=O) groups excluding carboxylic acids is 3. The van der Waals surface area contributed by atoms with Gasteiger partial charge in [0.2, 0.25) is 0 Å². The SMILES string of the molecule is CCCOc1ccc(/C(O)=C2\C(=O)C(=O)N(c3nc(C)c(C(=O)OC)s3)C2c2ccc(O)c(OC)c2)cc1. The molecule has 2 N–H and O–H groups in total. The molecule has 38 heavy (non-hydrogen) atoms. The Kier molecular flexibility index (Phi) is 7.67. The molecule has 2 aromatic carbocycles. The highest BCUT2D eigenvalue weighted by atomic mass is 32.1. The van der Waals surface area contributed by atoms with Gasteiger partial charge in [-0.3, -0.25) is 14.5 Å². The number of ketones is 1. The maximum absolute atomic E-state index is 13.4. The maximum Gasteiger partial charge on any atom is 0.350 e. The van der Waals surface area contributed by atoms with Crippen molar-refractivity contribution in [2.75, 3.05) is 25.7 Å². The number of carbonyl (C=O) groups is 3. The number of anilines is 1. The molecule has 2 heterocycles. The second kappa shape index (κ2) is 10.9. The molecule has 1 aliphatic rings. The van der Waals surface area contributed by atoms with Crippen molar-refractivity contribution in [3.63, 3.8) is 0 Å². The van der Waals surface area contributed by atoms with E-state index in [0.717, 1.165) is 22.7 Å². The van der Waals surface area contributed by atoms with Gasteiger partial charge < -0.3 is 24.4 Å². The molecule has 4 rings (SSSR count). The molecule has 10 nitrogen and oxygen atoms in total. The normalized spacial score (nSPS) is 16.5. The van der Waals surface area contributed by atoms with Gasteiger partial charge in [0.1, 0.15) is 16.4 Å². The van der Waals surface area contributed by atoms with Gasteiger partial charge in [-0.15, -0.1) is 0 Å². The zero-order chi connectivity index (χ0) is 27.6. The van der Waals surface area contributed by atoms with Crippen LogP contribution in [0.5, 0.6) is 17.2 Å². The lowest BCUT2D eigenvalue weighted by Gasteiger charge is -2.23. The summed E-state index contributed by atoms with van der Waals surface area (Å²) >= 11 is 0.892. The van der Waals surface area contributed by atoms with Gasteiger partial charge in [0.05, 0.1) is 38.1 Å². The molecule has 1 unspecified atom stereocenters. The number of hydrogen-bond donors (Lipinski definition) is 2. The first-order chi connectivity index (χ1) is 18.2. The Bertz CT molecular complexity index is 1430. The van der Waals surface area contributed by atoms with Crippen LogP contribution in [-0.2, 0) is 14.3 Å². The minimum Gasteiger partial charge on any atom is -0.507 e. The third-order valence-corrected chi connectivity index (χ3v) is 7.06. The Morgan fingerprint density at radius 3 is 2.47 bits per heavy atom. The average molecular weight is 539 g/mol. The third-order valence-electron chi connectivity index (χ3n) is 5.93. The van der Waals surface area contributed by atoms with E-state index in [2.05, 4.69) is 4.98 Å². The molecule has 198 valence electrons. The zero-order valence-corrected chi connectivity index (χ0v) is 22.0. The standard InChI is InChI=1S/C27H26N2O8S/c1-5-12-37-17-9-6-15(7-10-17)22(31)20-21(16-8-11-18(30)19(13-16)35-3)29(25(33)23(20)32)27-28-14(2)24(38-27)26(34)36-4/h6-11,13,21,30-31H,5,12H2,1-4H3/b22-20+. The first-order valence-electron chi connectivity index (χ1n) is 11.7. The second-order valence-electron chi connectivity index (χ2n) is 8.38. The van der Waals surface area contributed by atoms with E-state index >= 15 is 0 Å². The van der Waals surface area contributed by atoms with E-state index in [1.165, 1.54) is 32.4 Å². The number of thiazole rings is 1. The number of esters is 1. The van der Waals surface area contributed by atoms with Crippen LogP contribution in [0.3, 0.4) is 0 Å². The summed E-state index contributed by atoms with van der Waals surface area (Å²) in [6.45, 7) is 4.10. The molecule has 1 atom stereocenters. The first-order valence-corrected chi connectivity index (χ1v) is 12.5. The molecule has 0 radical (unpaired) electrons. The van der Waals surface area contributed by atoms with E-state index in [0.29, 0.717) is 29.2 Å². The van der Waals surface area contributed by atoms with Crippen molar-refractivity contribution in [2.24, 2.45) is 0 Å². The highest BCUT2D eigenvalue weighted by Crippen LogP contribution is 2.45. The highest BCUT2D eigenvalue weighted by molar-refractivity contribution is 7.17. The number of aliphatic hydroxyl groups is 1. The molecular weight excluding hydrogens is 512 g/mol. The lowest BCUT2D eigenvalue weighted by molar-refractivity contribution is -0.132. The van der Waals surface area contributed by atoms with E-state index in [-0.39, 0.29) is 27.1 Å². The smallest absolute Gasteiger partial charge is 0.350 e. The minimum atomic E-state index is -1.13. The van der Waals surface area contributed by atoms with Crippen molar-refractivity contribution in [1.82, 2.24) is 4.98 Å². The number of rotatable bonds is 8. The van der Waals surface area contributed by atoms with Gasteiger partial charge in [-0.25, -0.2) is 9.78 Å². The quantitative estimate of drug-likeness (QED) is 0.185. The molecule has 1 amide bonds. The van der Waals surface area contributed by atoms with Gasteiger partial charge in [0.15, 0.2) is 16.6 Å². The number of ether oxygens (including phenoxy) is 3. The number of aliphatic hydroxyl groups excluding tert-OH is 1. The number of aromatic hydroxyl groups is 1. The van der Waals surface area contributed by atoms with Crippen molar-refractivity contribution in [3.8, 4) is 17.2 Å². The number of nitrogens with zero attached hydrogens (tertiary/aromatic N) is 2. The lowest BCUT2D eigenvalue weighted by Crippen LogP contribution is -2.29. The van der Waals surface area contributed by atoms with Crippen LogP contribution in [-0.4, -0.2) is 53.7 Å². The highest BCUT2D eigenvalue weighted by Gasteiger charge is 2.48. The molecule has 1 aromatic heterocycles. The van der Waals surface area contributed by atoms with Crippen LogP contribution in [0.25, 0.3) is 5.76 Å². The second-order valence-corrected chi connectivity index (χ2v) is 9.35. The number of phenols is 1. The van der Waals surface area contributed by atoms with Crippen molar-refractivity contribution >= 4 is 39.9 Å². The van der Waals surface area contributed by atoms with Crippen LogP contribution >= 0.6 is 11.3 Å². The third kappa shape index (κ3) is 4.80. The lowest BCUT2D eigenvalue weighted by atomic mass is 9.95. The number of methoxy groups -OCH3 is 2. The van der Waals surface area contributed by atoms with Crippen molar-refractivity contribution in [3.05, 3.63) is 69.7 Å². The molecule has 1 saturated heterocycles. The van der Waals surface area contributed by atoms with Crippen molar-refractivity contribution in [2.45, 2.75) is 26.3 Å². The van der Waals surface area contributed by atoms with Gasteiger partial charge in [-0.05, 0) is 55.3 Å². The molecule has 0 spiro atoms. The molecule has 1 aliphatic heterocycles. The molecule has 11 heteroatoms. The van der Waals surface area contributed by atoms with Gasteiger partial charge in [-0.2, -0.15) is 0 Å². The predicted octanol–water partition coefficient (Wildman–Crippen LogP) is 4.37. The Hall–Kier alpha value is -4.38. The van der Waals surface area contributed by atoms with Crippen molar-refractivity contribution in [1.29, 1.82) is 0 Å². The summed E-state index contributed by atoms with van der Waals surface area (Å²) in [5.74, 6) is -2.33. The van der Waals surface area contributed by atoms with Crippen LogP contribution in [0, 0.1) is 6.92 Å². The van der Waals surface area contributed by atoms with Crippen LogP contribution < -0.4 is 14.4 Å². The summed E-state index contributed by atoms with van der Waals surface area (Å²) in [5, 5.41) is 21.5. The van der Waals surface area contributed by atoms with Crippen LogP contribution in [0.15, 0.2) is 48.0 Å². The number of aryl methyl sites for hydroxylation is 1. The predicted molar refractivity (Wildman–Crippen MR) is 140 cm³/mol. The summed E-state index contributed by atoms with van der Waals surface area (Å²) in [5.41, 5.74) is 0.810. The number of benzene rings is 2. The largest absolute Gasteiger partial charge is 0.507 e. The monoisotopic (exact) mass is 538 g/mol. The van der Waals surface area contributed by atoms with Gasteiger partial charge in [0, 0.05) is 5.56 Å². The zero-order valence-electron chi connectivity index (χ0n) is 21.2. The first kappa shape index (κ1) is 26.7. The minimum absolute atomic E-state index is 0.0735. The molecule has 0 saturated carbocycles.